The summed E-state index contributed by atoms with van der Waals surface area (Å²) in [5.41, 5.74) is 0.953. The van der Waals surface area contributed by atoms with E-state index >= 15 is 0 Å². The van der Waals surface area contributed by atoms with Gasteiger partial charge in [-0.25, -0.2) is 4.98 Å². The molecule has 2 fully saturated rings. The molecular weight excluding hydrogens is 296 g/mol. The lowest BCUT2D eigenvalue weighted by Crippen LogP contribution is -2.52. The maximum atomic E-state index is 12.5. The van der Waals surface area contributed by atoms with Crippen LogP contribution < -0.4 is 5.32 Å². The predicted octanol–water partition coefficient (Wildman–Crippen LogP) is 0.313. The van der Waals surface area contributed by atoms with Gasteiger partial charge in [-0.05, 0) is 20.3 Å². The molecule has 0 aromatic carbocycles. The van der Waals surface area contributed by atoms with Crippen molar-refractivity contribution in [3.63, 3.8) is 0 Å². The van der Waals surface area contributed by atoms with Gasteiger partial charge in [0.25, 0.3) is 0 Å². The molecule has 2 aliphatic heterocycles. The van der Waals surface area contributed by atoms with Crippen LogP contribution in [-0.4, -0.2) is 72.7 Å². The first kappa shape index (κ1) is 16.4. The van der Waals surface area contributed by atoms with Gasteiger partial charge in [-0.1, -0.05) is 0 Å². The summed E-state index contributed by atoms with van der Waals surface area (Å²) in [5.74, 6) is 1.85. The zero-order valence-electron chi connectivity index (χ0n) is 14.2. The van der Waals surface area contributed by atoms with E-state index in [0.717, 1.165) is 56.5 Å². The Morgan fingerprint density at radius 2 is 2.09 bits per heavy atom. The summed E-state index contributed by atoms with van der Waals surface area (Å²) < 4.78 is 11.0. The minimum atomic E-state index is -0.0939. The molecule has 7 nitrogen and oxygen atoms in total. The second-order valence-corrected chi connectivity index (χ2v) is 6.40. The number of nitrogens with zero attached hydrogens (tertiary/aromatic N) is 3. The summed E-state index contributed by atoms with van der Waals surface area (Å²) in [6.45, 7) is 8.59. The van der Waals surface area contributed by atoms with Crippen LogP contribution in [0.2, 0.25) is 0 Å². The largest absolute Gasteiger partial charge is 0.444 e. The van der Waals surface area contributed by atoms with Crippen molar-refractivity contribution in [1.29, 1.82) is 0 Å². The standard InChI is InChI=1S/C16H26N4O3/c1-11-12(2)23-15(18-11)10-19-4-6-20(7-5-19)16(21)14-8-13(22-3)9-17-14/h13-14,17H,4-10H2,1-3H3/t13-,14-/m0/s1. The molecule has 2 saturated heterocycles. The van der Waals surface area contributed by atoms with Gasteiger partial charge in [-0.15, -0.1) is 0 Å². The Kier molecular flexibility index (Phi) is 4.99. The zero-order chi connectivity index (χ0) is 16.4. The Morgan fingerprint density at radius 3 is 2.65 bits per heavy atom. The fourth-order valence-electron chi connectivity index (χ4n) is 3.22. The number of piperazine rings is 1. The first-order chi connectivity index (χ1) is 11.1. The number of nitrogens with one attached hydrogen (secondary N) is 1. The predicted molar refractivity (Wildman–Crippen MR) is 85.0 cm³/mol. The normalized spacial score (nSPS) is 26.0. The van der Waals surface area contributed by atoms with Crippen LogP contribution in [0.3, 0.4) is 0 Å². The Balaban J connectivity index is 1.47. The number of amides is 1. The highest BCUT2D eigenvalue weighted by Gasteiger charge is 2.33. The van der Waals surface area contributed by atoms with Gasteiger partial charge >= 0.3 is 0 Å². The van der Waals surface area contributed by atoms with Crippen LogP contribution in [0.4, 0.5) is 0 Å². The van der Waals surface area contributed by atoms with Crippen LogP contribution in [0, 0.1) is 13.8 Å². The van der Waals surface area contributed by atoms with Crippen molar-refractivity contribution in [3.05, 3.63) is 17.3 Å². The third-order valence-corrected chi connectivity index (χ3v) is 4.84. The van der Waals surface area contributed by atoms with Crippen molar-refractivity contribution < 1.29 is 13.9 Å². The lowest BCUT2D eigenvalue weighted by molar-refractivity contribution is -0.135. The molecule has 128 valence electrons. The molecule has 2 atom stereocenters. The van der Waals surface area contributed by atoms with E-state index in [1.165, 1.54) is 0 Å². The molecule has 3 rings (SSSR count). The van der Waals surface area contributed by atoms with Crippen molar-refractivity contribution in [2.75, 3.05) is 39.8 Å². The molecule has 3 heterocycles. The number of ether oxygens (including phenoxy) is 1. The van der Waals surface area contributed by atoms with Gasteiger partial charge in [-0.2, -0.15) is 0 Å². The number of rotatable bonds is 4. The Labute approximate surface area is 137 Å². The van der Waals surface area contributed by atoms with E-state index in [1.807, 2.05) is 18.7 Å². The van der Waals surface area contributed by atoms with E-state index in [1.54, 1.807) is 7.11 Å². The van der Waals surface area contributed by atoms with Gasteiger partial charge < -0.3 is 19.4 Å². The van der Waals surface area contributed by atoms with Gasteiger partial charge in [0, 0.05) is 39.8 Å². The van der Waals surface area contributed by atoms with Crippen molar-refractivity contribution in [1.82, 2.24) is 20.1 Å². The van der Waals surface area contributed by atoms with E-state index in [9.17, 15) is 4.79 Å². The minimum absolute atomic E-state index is 0.0939. The second kappa shape index (κ2) is 6.98. The van der Waals surface area contributed by atoms with E-state index in [2.05, 4.69) is 15.2 Å². The molecule has 1 aromatic heterocycles. The highest BCUT2D eigenvalue weighted by Crippen LogP contribution is 2.15. The fourth-order valence-corrected chi connectivity index (χ4v) is 3.22. The SMILES string of the molecule is CO[C@@H]1CN[C@H](C(=O)N2CCN(Cc3nc(C)c(C)o3)CC2)C1. The van der Waals surface area contributed by atoms with Crippen molar-refractivity contribution in [3.8, 4) is 0 Å². The first-order valence-electron chi connectivity index (χ1n) is 8.27. The molecule has 7 heteroatoms. The molecule has 0 saturated carbocycles. The van der Waals surface area contributed by atoms with Crippen molar-refractivity contribution >= 4 is 5.91 Å². The summed E-state index contributed by atoms with van der Waals surface area (Å²) in [7, 11) is 1.70. The topological polar surface area (TPSA) is 70.8 Å². The van der Waals surface area contributed by atoms with Gasteiger partial charge in [0.05, 0.1) is 24.4 Å². The number of hydrogen-bond donors (Lipinski definition) is 1. The highest BCUT2D eigenvalue weighted by atomic mass is 16.5. The van der Waals surface area contributed by atoms with Crippen molar-refractivity contribution in [2.45, 2.75) is 39.0 Å². The molecule has 23 heavy (non-hydrogen) atoms. The number of hydrogen-bond acceptors (Lipinski definition) is 6. The molecule has 0 aliphatic carbocycles. The lowest BCUT2D eigenvalue weighted by Gasteiger charge is -2.35. The fraction of sp³-hybridized carbons (Fsp3) is 0.750. The average molecular weight is 322 g/mol. The summed E-state index contributed by atoms with van der Waals surface area (Å²) in [6, 6.07) is -0.0939. The Hall–Kier alpha value is -1.44. The number of carbonyl (C=O) groups excluding carboxylic acids is 1. The van der Waals surface area contributed by atoms with Crippen LogP contribution in [0.5, 0.6) is 0 Å². The number of aryl methyl sites for hydroxylation is 2. The third kappa shape index (κ3) is 3.73. The van der Waals surface area contributed by atoms with E-state index in [4.69, 9.17) is 9.15 Å². The summed E-state index contributed by atoms with van der Waals surface area (Å²) in [6.07, 6.45) is 0.923. The van der Waals surface area contributed by atoms with Crippen LogP contribution in [-0.2, 0) is 16.1 Å². The summed E-state index contributed by atoms with van der Waals surface area (Å²) in [5, 5.41) is 3.26. The minimum Gasteiger partial charge on any atom is -0.444 e. The number of oxazole rings is 1. The van der Waals surface area contributed by atoms with Crippen LogP contribution in [0.1, 0.15) is 23.8 Å². The third-order valence-electron chi connectivity index (χ3n) is 4.84. The summed E-state index contributed by atoms with van der Waals surface area (Å²) in [4.78, 5) is 21.2. The van der Waals surface area contributed by atoms with Crippen LogP contribution in [0.25, 0.3) is 0 Å². The van der Waals surface area contributed by atoms with Gasteiger partial charge in [0.1, 0.15) is 5.76 Å². The van der Waals surface area contributed by atoms with Crippen molar-refractivity contribution in [2.24, 2.45) is 0 Å². The maximum Gasteiger partial charge on any atom is 0.239 e. The smallest absolute Gasteiger partial charge is 0.239 e. The molecule has 0 radical (unpaired) electrons. The summed E-state index contributed by atoms with van der Waals surface area (Å²) >= 11 is 0. The van der Waals surface area contributed by atoms with E-state index < -0.39 is 0 Å². The first-order valence-corrected chi connectivity index (χ1v) is 8.27. The van der Waals surface area contributed by atoms with Gasteiger partial charge in [0.2, 0.25) is 11.8 Å². The van der Waals surface area contributed by atoms with E-state index in [-0.39, 0.29) is 18.1 Å². The second-order valence-electron chi connectivity index (χ2n) is 6.40. The van der Waals surface area contributed by atoms with Crippen LogP contribution in [0.15, 0.2) is 4.42 Å². The number of carbonyl (C=O) groups is 1. The van der Waals surface area contributed by atoms with Gasteiger partial charge in [-0.3, -0.25) is 9.69 Å². The van der Waals surface area contributed by atoms with Gasteiger partial charge in [0.15, 0.2) is 0 Å². The van der Waals surface area contributed by atoms with Crippen LogP contribution >= 0.6 is 0 Å². The number of aromatic nitrogens is 1. The lowest BCUT2D eigenvalue weighted by atomic mass is 10.1. The number of methoxy groups -OCH3 is 1. The monoisotopic (exact) mass is 322 g/mol. The molecule has 1 aromatic rings. The molecule has 0 unspecified atom stereocenters. The quantitative estimate of drug-likeness (QED) is 0.860. The average Bonchev–Trinajstić information content (AvgIpc) is 3.14. The molecule has 0 spiro atoms. The molecule has 1 N–H and O–H groups in total. The van der Waals surface area contributed by atoms with E-state index in [0.29, 0.717) is 6.54 Å². The molecule has 0 bridgehead atoms. The Morgan fingerprint density at radius 1 is 1.35 bits per heavy atom. The molecule has 1 amide bonds. The zero-order valence-corrected chi connectivity index (χ0v) is 14.2. The maximum absolute atomic E-state index is 12.5. The Bertz CT molecular complexity index is 532. The highest BCUT2D eigenvalue weighted by molar-refractivity contribution is 5.82. The molecular formula is C16H26N4O3. The molecule has 2 aliphatic rings.